The Morgan fingerprint density at radius 2 is 2.25 bits per heavy atom. The molecule has 1 fully saturated rings. The number of pyridine rings is 1. The fourth-order valence-corrected chi connectivity index (χ4v) is 2.28. The van der Waals surface area contributed by atoms with Crippen molar-refractivity contribution >= 4 is 11.7 Å². The third-order valence-corrected chi connectivity index (χ3v) is 3.08. The zero-order chi connectivity index (χ0) is 11.7. The van der Waals surface area contributed by atoms with Gasteiger partial charge in [0.15, 0.2) is 0 Å². The Balaban J connectivity index is 2.16. The molecule has 2 rings (SSSR count). The Hall–Kier alpha value is -1.58. The van der Waals surface area contributed by atoms with Gasteiger partial charge >= 0.3 is 0 Å². The summed E-state index contributed by atoms with van der Waals surface area (Å²) in [7, 11) is 0. The molecular weight excluding hydrogens is 202 g/mol. The van der Waals surface area contributed by atoms with Crippen LogP contribution in [-0.4, -0.2) is 28.4 Å². The zero-order valence-corrected chi connectivity index (χ0v) is 9.68. The highest BCUT2D eigenvalue weighted by Gasteiger charge is 2.30. The maximum Gasteiger partial charge on any atom is 0.255 e. The second-order valence-corrected chi connectivity index (χ2v) is 4.62. The average Bonchev–Trinajstić information content (AvgIpc) is 2.58. The van der Waals surface area contributed by atoms with Gasteiger partial charge in [0.25, 0.3) is 5.91 Å². The first-order valence-electron chi connectivity index (χ1n) is 5.60. The highest BCUT2D eigenvalue weighted by molar-refractivity contribution is 5.94. The Labute approximate surface area is 95.5 Å². The van der Waals surface area contributed by atoms with Gasteiger partial charge in [-0.05, 0) is 31.4 Å². The van der Waals surface area contributed by atoms with E-state index in [0.717, 1.165) is 13.0 Å². The molecule has 0 aliphatic carbocycles. The summed E-state index contributed by atoms with van der Waals surface area (Å²) in [5.74, 6) is 1.09. The van der Waals surface area contributed by atoms with E-state index in [9.17, 15) is 4.79 Å². The van der Waals surface area contributed by atoms with Crippen LogP contribution >= 0.6 is 0 Å². The van der Waals surface area contributed by atoms with E-state index < -0.39 is 0 Å². The van der Waals surface area contributed by atoms with Gasteiger partial charge in [-0.25, -0.2) is 4.98 Å². The smallest absolute Gasteiger partial charge is 0.255 e. The monoisotopic (exact) mass is 219 g/mol. The molecule has 1 saturated heterocycles. The summed E-state index contributed by atoms with van der Waals surface area (Å²) in [4.78, 5) is 18.0. The van der Waals surface area contributed by atoms with Crippen LogP contribution in [0.4, 0.5) is 5.82 Å². The number of hydrogen-bond acceptors (Lipinski definition) is 3. The minimum absolute atomic E-state index is 0.0596. The van der Waals surface area contributed by atoms with Crippen molar-refractivity contribution in [1.29, 1.82) is 0 Å². The number of anilines is 1. The Kier molecular flexibility index (Phi) is 2.81. The number of likely N-dealkylation sites (tertiary alicyclic amines) is 1. The average molecular weight is 219 g/mol. The summed E-state index contributed by atoms with van der Waals surface area (Å²) >= 11 is 0. The van der Waals surface area contributed by atoms with Crippen LogP contribution < -0.4 is 5.73 Å². The number of hydrogen-bond donors (Lipinski definition) is 1. The minimum Gasteiger partial charge on any atom is -0.384 e. The van der Waals surface area contributed by atoms with Crippen molar-refractivity contribution in [3.8, 4) is 0 Å². The lowest BCUT2D eigenvalue weighted by Gasteiger charge is -2.21. The number of nitrogens with zero attached hydrogens (tertiary/aromatic N) is 2. The molecular formula is C12H17N3O. The predicted molar refractivity (Wildman–Crippen MR) is 62.9 cm³/mol. The van der Waals surface area contributed by atoms with Gasteiger partial charge in [0.2, 0.25) is 0 Å². The number of nitrogen functional groups attached to an aromatic ring is 1. The first kappa shape index (κ1) is 10.9. The van der Waals surface area contributed by atoms with Crippen molar-refractivity contribution in [2.75, 3.05) is 12.3 Å². The van der Waals surface area contributed by atoms with Gasteiger partial charge in [0.05, 0.1) is 5.56 Å². The maximum absolute atomic E-state index is 12.2. The fraction of sp³-hybridized carbons (Fsp3) is 0.500. The number of nitrogens with two attached hydrogens (primary N) is 1. The predicted octanol–water partition coefficient (Wildman–Crippen LogP) is 1.53. The van der Waals surface area contributed by atoms with Crippen LogP contribution in [0, 0.1) is 5.92 Å². The molecule has 0 bridgehead atoms. The highest BCUT2D eigenvalue weighted by Crippen LogP contribution is 2.24. The molecule has 2 heterocycles. The topological polar surface area (TPSA) is 59.2 Å². The van der Waals surface area contributed by atoms with E-state index in [1.54, 1.807) is 18.3 Å². The lowest BCUT2D eigenvalue weighted by atomic mass is 10.1. The summed E-state index contributed by atoms with van der Waals surface area (Å²) in [5.41, 5.74) is 6.11. The van der Waals surface area contributed by atoms with E-state index in [0.29, 0.717) is 23.3 Å². The van der Waals surface area contributed by atoms with Gasteiger partial charge in [-0.3, -0.25) is 4.79 Å². The zero-order valence-electron chi connectivity index (χ0n) is 9.68. The van der Waals surface area contributed by atoms with Crippen LogP contribution in [0.15, 0.2) is 18.3 Å². The van der Waals surface area contributed by atoms with Gasteiger partial charge in [-0.1, -0.05) is 6.92 Å². The normalized spacial score (nSPS) is 24.8. The largest absolute Gasteiger partial charge is 0.384 e. The summed E-state index contributed by atoms with van der Waals surface area (Å²) in [6.07, 6.45) is 2.63. The van der Waals surface area contributed by atoms with E-state index in [1.165, 1.54) is 0 Å². The summed E-state index contributed by atoms with van der Waals surface area (Å²) in [5, 5.41) is 0. The molecule has 2 unspecified atom stereocenters. The van der Waals surface area contributed by atoms with Crippen LogP contribution in [0.25, 0.3) is 0 Å². The van der Waals surface area contributed by atoms with Crippen LogP contribution in [0.2, 0.25) is 0 Å². The van der Waals surface area contributed by atoms with Gasteiger partial charge in [-0.15, -0.1) is 0 Å². The second-order valence-electron chi connectivity index (χ2n) is 4.62. The molecule has 1 aromatic heterocycles. The van der Waals surface area contributed by atoms with Crippen LogP contribution in [0.1, 0.15) is 30.6 Å². The van der Waals surface area contributed by atoms with Crippen molar-refractivity contribution in [3.63, 3.8) is 0 Å². The molecule has 1 aliphatic heterocycles. The third-order valence-electron chi connectivity index (χ3n) is 3.08. The third kappa shape index (κ3) is 2.01. The molecule has 0 saturated carbocycles. The Bertz CT molecular complexity index is 388. The van der Waals surface area contributed by atoms with Gasteiger partial charge < -0.3 is 10.6 Å². The molecule has 2 atom stereocenters. The molecule has 2 N–H and O–H groups in total. The van der Waals surface area contributed by atoms with Crippen molar-refractivity contribution in [3.05, 3.63) is 23.9 Å². The number of carbonyl (C=O) groups excluding carboxylic acids is 1. The molecule has 1 aromatic rings. The molecule has 4 heteroatoms. The summed E-state index contributed by atoms with van der Waals surface area (Å²) in [6, 6.07) is 3.72. The molecule has 0 spiro atoms. The Morgan fingerprint density at radius 1 is 1.50 bits per heavy atom. The first-order chi connectivity index (χ1) is 7.58. The van der Waals surface area contributed by atoms with Crippen LogP contribution in [0.3, 0.4) is 0 Å². The molecule has 16 heavy (non-hydrogen) atoms. The van der Waals surface area contributed by atoms with E-state index in [-0.39, 0.29) is 5.91 Å². The number of rotatable bonds is 1. The maximum atomic E-state index is 12.2. The second kappa shape index (κ2) is 4.12. The summed E-state index contributed by atoms with van der Waals surface area (Å²) < 4.78 is 0. The molecule has 4 nitrogen and oxygen atoms in total. The lowest BCUT2D eigenvalue weighted by molar-refractivity contribution is 0.0743. The fourth-order valence-electron chi connectivity index (χ4n) is 2.28. The molecule has 1 aliphatic rings. The molecule has 1 amide bonds. The standard InChI is InChI=1S/C12H17N3O/c1-8-5-9(2)15(7-8)12(16)10-3-4-11(13)14-6-10/h3-4,6,8-9H,5,7H2,1-2H3,(H2,13,14). The quantitative estimate of drug-likeness (QED) is 0.779. The van der Waals surface area contributed by atoms with Crippen molar-refractivity contribution in [2.24, 2.45) is 5.92 Å². The molecule has 0 radical (unpaired) electrons. The van der Waals surface area contributed by atoms with Gasteiger partial charge in [0.1, 0.15) is 5.82 Å². The van der Waals surface area contributed by atoms with Gasteiger partial charge in [0, 0.05) is 18.8 Å². The van der Waals surface area contributed by atoms with Crippen LogP contribution in [-0.2, 0) is 0 Å². The Morgan fingerprint density at radius 3 is 2.75 bits per heavy atom. The lowest BCUT2D eigenvalue weighted by Crippen LogP contribution is -2.34. The van der Waals surface area contributed by atoms with E-state index in [4.69, 9.17) is 5.73 Å². The van der Waals surface area contributed by atoms with E-state index in [1.807, 2.05) is 4.90 Å². The number of amides is 1. The minimum atomic E-state index is 0.0596. The molecule has 86 valence electrons. The first-order valence-corrected chi connectivity index (χ1v) is 5.60. The van der Waals surface area contributed by atoms with E-state index in [2.05, 4.69) is 18.8 Å². The number of aromatic nitrogens is 1. The van der Waals surface area contributed by atoms with Crippen molar-refractivity contribution < 1.29 is 4.79 Å². The SMILES string of the molecule is CC1CC(C)N(C(=O)c2ccc(N)nc2)C1. The van der Waals surface area contributed by atoms with Crippen LogP contribution in [0.5, 0.6) is 0 Å². The molecule has 0 aromatic carbocycles. The van der Waals surface area contributed by atoms with Crippen molar-refractivity contribution in [1.82, 2.24) is 9.88 Å². The summed E-state index contributed by atoms with van der Waals surface area (Å²) in [6.45, 7) is 5.10. The van der Waals surface area contributed by atoms with E-state index >= 15 is 0 Å². The van der Waals surface area contributed by atoms with Gasteiger partial charge in [-0.2, -0.15) is 0 Å². The number of carbonyl (C=O) groups is 1. The highest BCUT2D eigenvalue weighted by atomic mass is 16.2. The van der Waals surface area contributed by atoms with Crippen molar-refractivity contribution in [2.45, 2.75) is 26.3 Å².